The number of thiazole rings is 1. The zero-order valence-electron chi connectivity index (χ0n) is 26.9. The Morgan fingerprint density at radius 1 is 1.22 bits per heavy atom. The predicted molar refractivity (Wildman–Crippen MR) is 176 cm³/mol. The van der Waals surface area contributed by atoms with E-state index < -0.39 is 63.8 Å². The third kappa shape index (κ3) is 8.26. The van der Waals surface area contributed by atoms with Gasteiger partial charge in [0.05, 0.1) is 18.8 Å². The van der Waals surface area contributed by atoms with Gasteiger partial charge < -0.3 is 36.2 Å². The van der Waals surface area contributed by atoms with Crippen molar-refractivity contribution in [3.63, 3.8) is 0 Å². The highest BCUT2D eigenvalue weighted by Gasteiger charge is 2.58. The van der Waals surface area contributed by atoms with Crippen molar-refractivity contribution in [2.45, 2.75) is 37.1 Å². The fraction of sp³-hybridized carbons (Fsp3) is 0.379. The average molecular weight is 736 g/mol. The molecule has 5 rings (SSSR count). The van der Waals surface area contributed by atoms with E-state index in [0.29, 0.717) is 30.4 Å². The number of hydrogen-bond donors (Lipinski definition) is 7. The Morgan fingerprint density at radius 2 is 1.90 bits per heavy atom. The molecule has 50 heavy (non-hydrogen) atoms. The first-order chi connectivity index (χ1) is 23.5. The number of carboxylic acid groups (broad SMARTS) is 1. The molecule has 2 atom stereocenters. The number of aliphatic hydroxyl groups is 1. The van der Waals surface area contributed by atoms with E-state index in [1.54, 1.807) is 24.3 Å². The molecular weight excluding hydrogens is 700 g/mol. The normalized spacial score (nSPS) is 18.7. The second-order valence-electron chi connectivity index (χ2n) is 12.1. The number of nitrogens with zero attached hydrogens (tertiary/aromatic N) is 4. The fourth-order valence-electron chi connectivity index (χ4n) is 4.95. The number of aryl methyl sites for hydroxylation is 1. The molecule has 8 N–H and O–H groups in total. The molecule has 2 fully saturated rings. The third-order valence-electron chi connectivity index (χ3n) is 7.88. The number of rotatable bonds is 15. The fourth-order valence-corrected chi connectivity index (χ4v) is 5.96. The number of anilines is 2. The quantitative estimate of drug-likeness (QED) is 0.0326. The van der Waals surface area contributed by atoms with E-state index in [9.17, 15) is 33.0 Å². The summed E-state index contributed by atoms with van der Waals surface area (Å²) in [6, 6.07) is 9.35. The van der Waals surface area contributed by atoms with Gasteiger partial charge in [-0.15, -0.1) is 15.6 Å². The molecule has 2 aliphatic heterocycles. The summed E-state index contributed by atoms with van der Waals surface area (Å²) in [4.78, 5) is 47.0. The van der Waals surface area contributed by atoms with Crippen LogP contribution in [-0.2, 0) is 41.0 Å². The number of carboxylic acids is 1. The maximum Gasteiger partial charge on any atom is 0.418 e. The van der Waals surface area contributed by atoms with Crippen molar-refractivity contribution < 1.29 is 56.0 Å². The Bertz CT molecular complexity index is 1910. The van der Waals surface area contributed by atoms with Crippen LogP contribution in [0.3, 0.4) is 0 Å². The Kier molecular flexibility index (Phi) is 10.3. The molecule has 2 aliphatic rings. The number of aliphatic carboxylic acids is 1. The van der Waals surface area contributed by atoms with Crippen LogP contribution in [0.2, 0.25) is 0 Å². The molecule has 0 saturated carbocycles. The number of β-lactam (4-membered cyclic amide) rings is 1. The zero-order valence-corrected chi connectivity index (χ0v) is 28.5. The van der Waals surface area contributed by atoms with E-state index in [2.05, 4.69) is 30.4 Å². The molecule has 19 nitrogen and oxygen atoms in total. The summed E-state index contributed by atoms with van der Waals surface area (Å²) in [6.07, 6.45) is 0.226. The van der Waals surface area contributed by atoms with Crippen molar-refractivity contribution in [2.24, 2.45) is 12.2 Å². The monoisotopic (exact) mass is 735 g/mol. The van der Waals surface area contributed by atoms with Gasteiger partial charge in [0.15, 0.2) is 10.8 Å². The first-order valence-electron chi connectivity index (χ1n) is 14.9. The van der Waals surface area contributed by atoms with Gasteiger partial charge in [-0.2, -0.15) is 13.5 Å². The van der Waals surface area contributed by atoms with Crippen molar-refractivity contribution in [1.29, 1.82) is 0 Å². The largest absolute Gasteiger partial charge is 0.489 e. The lowest BCUT2D eigenvalue weighted by atomic mass is 9.84. The van der Waals surface area contributed by atoms with Gasteiger partial charge in [0.25, 0.3) is 23.7 Å². The van der Waals surface area contributed by atoms with Crippen molar-refractivity contribution in [3.8, 4) is 16.9 Å². The second kappa shape index (κ2) is 14.1. The number of aromatic nitrogens is 2. The first-order valence-corrected chi connectivity index (χ1v) is 17.1. The summed E-state index contributed by atoms with van der Waals surface area (Å²) in [5.41, 5.74) is 4.64. The lowest BCUT2D eigenvalue weighted by Gasteiger charge is -2.50. The lowest BCUT2D eigenvalue weighted by Crippen LogP contribution is -2.76. The van der Waals surface area contributed by atoms with Gasteiger partial charge in [0.1, 0.15) is 36.2 Å². The number of nitrogen functional groups attached to an aromatic ring is 1. The number of oxime groups is 1. The van der Waals surface area contributed by atoms with E-state index in [4.69, 9.17) is 19.9 Å². The van der Waals surface area contributed by atoms with Crippen LogP contribution in [0.5, 0.6) is 5.75 Å². The summed E-state index contributed by atoms with van der Waals surface area (Å²) < 4.78 is 43.0. The maximum absolute atomic E-state index is 13.2. The van der Waals surface area contributed by atoms with Crippen LogP contribution in [0.1, 0.15) is 19.5 Å². The number of benzene rings is 1. The number of hydrogen-bond acceptors (Lipinski definition) is 15. The standard InChI is InChI=1S/C29H34N8O11S2/c1-28(2)23(25(39)37(28)48-50(43,44)45)34-24(38)22(19-12-49-27(30)33-19)35-47-20(26(40)41)11-46-18-7-4-16(5-8-18)17-6-9-21(36(3)10-17)32-15-29(42)13-31-14-29/h4-10,12,20,23,31,42H,11,13-15H2,1-3H3,(H5,30,33,34,38,40,41,43,44,45)/p+1/b35-22-/t20?,23-/m1/s1. The van der Waals surface area contributed by atoms with Gasteiger partial charge in [0, 0.05) is 30.1 Å². The van der Waals surface area contributed by atoms with E-state index in [1.807, 2.05) is 29.9 Å². The average Bonchev–Trinajstić information content (AvgIpc) is 3.47. The number of pyridine rings is 1. The summed E-state index contributed by atoms with van der Waals surface area (Å²) in [6.45, 7) is 3.69. The van der Waals surface area contributed by atoms with Crippen LogP contribution >= 0.6 is 11.3 Å². The minimum Gasteiger partial charge on any atom is -0.489 e. The van der Waals surface area contributed by atoms with Crippen LogP contribution in [0.4, 0.5) is 10.9 Å². The topological polar surface area (TPSA) is 268 Å². The number of carbonyl (C=O) groups excluding carboxylic acids is 2. The number of nitrogens with two attached hydrogens (primary N) is 1. The number of ether oxygens (including phenoxy) is 1. The molecule has 1 aromatic carbocycles. The van der Waals surface area contributed by atoms with E-state index in [-0.39, 0.29) is 10.8 Å². The molecule has 0 radical (unpaired) electrons. The summed E-state index contributed by atoms with van der Waals surface area (Å²) in [5, 5.41) is 34.2. The summed E-state index contributed by atoms with van der Waals surface area (Å²) in [5.74, 6) is -2.34. The predicted octanol–water partition coefficient (Wildman–Crippen LogP) is -0.944. The minimum absolute atomic E-state index is 0.0533. The molecule has 4 heterocycles. The molecular formula is C29H35N8O11S2+. The molecule has 0 aliphatic carbocycles. The van der Waals surface area contributed by atoms with Crippen LogP contribution in [0.25, 0.3) is 11.1 Å². The van der Waals surface area contributed by atoms with Crippen LogP contribution in [-0.4, -0.2) is 106 Å². The van der Waals surface area contributed by atoms with Crippen LogP contribution < -0.4 is 31.0 Å². The van der Waals surface area contributed by atoms with Crippen molar-refractivity contribution >= 4 is 56.2 Å². The van der Waals surface area contributed by atoms with Gasteiger partial charge in [-0.3, -0.25) is 19.5 Å². The van der Waals surface area contributed by atoms with E-state index in [1.165, 1.54) is 19.2 Å². The maximum atomic E-state index is 13.2. The van der Waals surface area contributed by atoms with Crippen LogP contribution in [0.15, 0.2) is 53.1 Å². The van der Waals surface area contributed by atoms with E-state index in [0.717, 1.165) is 28.3 Å². The molecule has 2 amide bonds. The highest BCUT2D eigenvalue weighted by molar-refractivity contribution is 7.80. The summed E-state index contributed by atoms with van der Waals surface area (Å²) >= 11 is 0.955. The molecule has 2 aromatic heterocycles. The Balaban J connectivity index is 1.22. The number of nitrogens with one attached hydrogen (secondary N) is 3. The summed E-state index contributed by atoms with van der Waals surface area (Å²) in [7, 11) is -3.15. The first kappa shape index (κ1) is 36.4. The van der Waals surface area contributed by atoms with Crippen molar-refractivity contribution in [1.82, 2.24) is 20.7 Å². The molecule has 1 unspecified atom stereocenters. The van der Waals surface area contributed by atoms with Gasteiger partial charge in [-0.1, -0.05) is 17.3 Å². The zero-order chi connectivity index (χ0) is 36.4. The Morgan fingerprint density at radius 3 is 2.44 bits per heavy atom. The lowest BCUT2D eigenvalue weighted by molar-refractivity contribution is -0.656. The molecule has 2 saturated heterocycles. The Labute approximate surface area is 289 Å². The molecule has 0 spiro atoms. The Hall–Kier alpha value is -4.93. The number of β-amino-alcohol motifs (C(OH)–C–C–N with tert-alkyl or cyclic N) is 1. The van der Waals surface area contributed by atoms with Crippen molar-refractivity contribution in [2.75, 3.05) is 37.3 Å². The second-order valence-corrected chi connectivity index (χ2v) is 14.0. The molecule has 268 valence electrons. The van der Waals surface area contributed by atoms with Gasteiger partial charge in [0.2, 0.25) is 0 Å². The van der Waals surface area contributed by atoms with Crippen LogP contribution in [0, 0.1) is 0 Å². The molecule has 3 aromatic rings. The minimum atomic E-state index is -5.02. The third-order valence-corrected chi connectivity index (χ3v) is 8.89. The van der Waals surface area contributed by atoms with Gasteiger partial charge in [-0.25, -0.2) is 14.3 Å². The SMILES string of the molecule is C[n+]1cc(-c2ccc(OCC(O/N=C(\C(=O)N[C@@H]3C(=O)N(OS(=O)(=O)O)C3(C)C)c3csc(N)n3)C(=O)O)cc2)ccc1NCC1(O)CNC1. The van der Waals surface area contributed by atoms with Crippen molar-refractivity contribution in [3.05, 3.63) is 53.7 Å². The molecule has 21 heteroatoms. The number of amides is 2. The van der Waals surface area contributed by atoms with Gasteiger partial charge in [-0.05, 0) is 37.6 Å². The number of hydroxylamine groups is 2. The van der Waals surface area contributed by atoms with Gasteiger partial charge >= 0.3 is 16.4 Å². The highest BCUT2D eigenvalue weighted by Crippen LogP contribution is 2.33. The number of carbonyl (C=O) groups is 3. The highest BCUT2D eigenvalue weighted by atomic mass is 32.3. The molecule has 0 bridgehead atoms. The van der Waals surface area contributed by atoms with E-state index >= 15 is 0 Å². The smallest absolute Gasteiger partial charge is 0.418 e.